The van der Waals surface area contributed by atoms with Crippen LogP contribution in [-0.2, 0) is 11.3 Å². The van der Waals surface area contributed by atoms with Gasteiger partial charge in [0.2, 0.25) is 5.91 Å². The highest BCUT2D eigenvalue weighted by atomic mass is 16.5. The van der Waals surface area contributed by atoms with Crippen LogP contribution in [-0.4, -0.2) is 37.6 Å². The zero-order valence-electron chi connectivity index (χ0n) is 18.6. The molecule has 5 heteroatoms. The Balaban J connectivity index is 1.83. The first kappa shape index (κ1) is 22.2. The van der Waals surface area contributed by atoms with Crippen LogP contribution in [0.4, 0.5) is 0 Å². The van der Waals surface area contributed by atoms with E-state index in [1.54, 1.807) is 14.2 Å². The molecular formula is C25H34N2O3. The predicted molar refractivity (Wildman–Crippen MR) is 120 cm³/mol. The van der Waals surface area contributed by atoms with Gasteiger partial charge in [0.1, 0.15) is 11.5 Å². The predicted octanol–water partition coefficient (Wildman–Crippen LogP) is 4.57. The van der Waals surface area contributed by atoms with E-state index in [4.69, 9.17) is 9.47 Å². The van der Waals surface area contributed by atoms with Gasteiger partial charge < -0.3 is 14.8 Å². The molecule has 1 aliphatic heterocycles. The number of likely N-dealkylation sites (tertiary alicyclic amines) is 1. The molecule has 2 aromatic rings. The molecule has 0 spiro atoms. The fraction of sp³-hybridized carbons (Fsp3) is 0.480. The third-order valence-electron chi connectivity index (χ3n) is 6.04. The molecule has 1 saturated heterocycles. The lowest BCUT2D eigenvalue weighted by molar-refractivity contribution is -0.128. The van der Waals surface area contributed by atoms with Crippen molar-refractivity contribution in [3.63, 3.8) is 0 Å². The lowest BCUT2D eigenvalue weighted by Crippen LogP contribution is -2.46. The van der Waals surface area contributed by atoms with Gasteiger partial charge in [0.05, 0.1) is 20.1 Å². The summed E-state index contributed by atoms with van der Waals surface area (Å²) in [6, 6.07) is 17.1. The van der Waals surface area contributed by atoms with E-state index in [0.29, 0.717) is 0 Å². The standard InChI is InChI=1S/C25H34N2O3/c1-5-18(2)26-25(28)21-11-12-24(20-9-7-6-8-10-20)27(17-21)16-19-13-22(29-3)15-23(14-19)30-4/h6-10,13-15,18,21,24H,5,11-12,16-17H2,1-4H3,(H,26,28). The summed E-state index contributed by atoms with van der Waals surface area (Å²) in [7, 11) is 3.34. The van der Waals surface area contributed by atoms with Crippen molar-refractivity contribution in [2.75, 3.05) is 20.8 Å². The quantitative estimate of drug-likeness (QED) is 0.693. The van der Waals surface area contributed by atoms with Crippen molar-refractivity contribution in [3.8, 4) is 11.5 Å². The minimum absolute atomic E-state index is 0.00599. The van der Waals surface area contributed by atoms with E-state index in [0.717, 1.165) is 49.4 Å². The van der Waals surface area contributed by atoms with Gasteiger partial charge in [-0.25, -0.2) is 0 Å². The van der Waals surface area contributed by atoms with E-state index in [-0.39, 0.29) is 23.9 Å². The maximum Gasteiger partial charge on any atom is 0.224 e. The molecule has 1 fully saturated rings. The average molecular weight is 411 g/mol. The van der Waals surface area contributed by atoms with Crippen molar-refractivity contribution in [1.29, 1.82) is 0 Å². The van der Waals surface area contributed by atoms with Crippen molar-refractivity contribution in [2.45, 2.75) is 51.7 Å². The SMILES string of the molecule is CCC(C)NC(=O)C1CCC(c2ccccc2)N(Cc2cc(OC)cc(OC)c2)C1. The highest BCUT2D eigenvalue weighted by Crippen LogP contribution is 2.35. The number of nitrogens with one attached hydrogen (secondary N) is 1. The number of hydrogen-bond donors (Lipinski definition) is 1. The number of piperidine rings is 1. The Morgan fingerprint density at radius 1 is 1.10 bits per heavy atom. The van der Waals surface area contributed by atoms with Crippen molar-refractivity contribution in [1.82, 2.24) is 10.2 Å². The molecule has 1 aliphatic rings. The Kier molecular flexibility index (Phi) is 7.75. The molecule has 3 rings (SSSR count). The molecule has 162 valence electrons. The van der Waals surface area contributed by atoms with E-state index in [9.17, 15) is 4.79 Å². The molecule has 5 nitrogen and oxygen atoms in total. The van der Waals surface area contributed by atoms with Crippen LogP contribution in [0.15, 0.2) is 48.5 Å². The number of rotatable bonds is 8. The first-order valence-electron chi connectivity index (χ1n) is 10.8. The monoisotopic (exact) mass is 410 g/mol. The maximum atomic E-state index is 12.8. The highest BCUT2D eigenvalue weighted by Gasteiger charge is 2.33. The van der Waals surface area contributed by atoms with Crippen LogP contribution in [0.2, 0.25) is 0 Å². The summed E-state index contributed by atoms with van der Waals surface area (Å²) in [4.78, 5) is 15.3. The van der Waals surface area contributed by atoms with Gasteiger partial charge in [-0.05, 0) is 49.4 Å². The van der Waals surface area contributed by atoms with E-state index >= 15 is 0 Å². The molecule has 1 heterocycles. The zero-order valence-corrected chi connectivity index (χ0v) is 18.6. The van der Waals surface area contributed by atoms with Crippen LogP contribution >= 0.6 is 0 Å². The smallest absolute Gasteiger partial charge is 0.224 e. The van der Waals surface area contributed by atoms with Gasteiger partial charge in [-0.2, -0.15) is 0 Å². The molecular weight excluding hydrogens is 376 g/mol. The van der Waals surface area contributed by atoms with E-state index < -0.39 is 0 Å². The highest BCUT2D eigenvalue weighted by molar-refractivity contribution is 5.79. The Bertz CT molecular complexity index is 802. The van der Waals surface area contributed by atoms with E-state index in [2.05, 4.69) is 48.3 Å². The molecule has 0 bridgehead atoms. The Morgan fingerprint density at radius 2 is 1.77 bits per heavy atom. The summed E-state index contributed by atoms with van der Waals surface area (Å²) in [6.45, 7) is 5.63. The van der Waals surface area contributed by atoms with Gasteiger partial charge in [0, 0.05) is 31.2 Å². The zero-order chi connectivity index (χ0) is 21.5. The third kappa shape index (κ3) is 5.54. The van der Waals surface area contributed by atoms with Crippen molar-refractivity contribution >= 4 is 5.91 Å². The molecule has 3 atom stereocenters. The maximum absolute atomic E-state index is 12.8. The van der Waals surface area contributed by atoms with Crippen molar-refractivity contribution < 1.29 is 14.3 Å². The molecule has 1 N–H and O–H groups in total. The van der Waals surface area contributed by atoms with Crippen LogP contribution in [0.5, 0.6) is 11.5 Å². The number of hydrogen-bond acceptors (Lipinski definition) is 4. The number of nitrogens with zero attached hydrogens (tertiary/aromatic N) is 1. The van der Waals surface area contributed by atoms with Gasteiger partial charge in [0.15, 0.2) is 0 Å². The van der Waals surface area contributed by atoms with Crippen molar-refractivity contribution in [2.24, 2.45) is 5.92 Å². The molecule has 2 aromatic carbocycles. The number of carbonyl (C=O) groups excluding carboxylic acids is 1. The molecule has 0 radical (unpaired) electrons. The topological polar surface area (TPSA) is 50.8 Å². The van der Waals surface area contributed by atoms with Crippen LogP contribution in [0.1, 0.15) is 50.3 Å². The Hall–Kier alpha value is -2.53. The van der Waals surface area contributed by atoms with Crippen LogP contribution in [0.3, 0.4) is 0 Å². The summed E-state index contributed by atoms with van der Waals surface area (Å²) in [5.74, 6) is 1.74. The second-order valence-corrected chi connectivity index (χ2v) is 8.17. The van der Waals surface area contributed by atoms with Gasteiger partial charge in [-0.1, -0.05) is 37.3 Å². The Labute approximate surface area is 180 Å². The van der Waals surface area contributed by atoms with Gasteiger partial charge in [-0.3, -0.25) is 9.69 Å². The van der Waals surface area contributed by atoms with Crippen LogP contribution in [0.25, 0.3) is 0 Å². The second-order valence-electron chi connectivity index (χ2n) is 8.17. The summed E-state index contributed by atoms with van der Waals surface area (Å²) >= 11 is 0. The number of benzene rings is 2. The molecule has 1 amide bonds. The summed E-state index contributed by atoms with van der Waals surface area (Å²) in [6.07, 6.45) is 2.81. The average Bonchev–Trinajstić information content (AvgIpc) is 2.79. The third-order valence-corrected chi connectivity index (χ3v) is 6.04. The molecule has 0 saturated carbocycles. The van der Waals surface area contributed by atoms with E-state index in [1.165, 1.54) is 5.56 Å². The first-order valence-corrected chi connectivity index (χ1v) is 10.8. The minimum atomic E-state index is 0.00599. The molecule has 0 aromatic heterocycles. The number of ether oxygens (including phenoxy) is 2. The largest absolute Gasteiger partial charge is 0.497 e. The summed E-state index contributed by atoms with van der Waals surface area (Å²) in [5, 5.41) is 3.17. The summed E-state index contributed by atoms with van der Waals surface area (Å²) < 4.78 is 10.9. The summed E-state index contributed by atoms with van der Waals surface area (Å²) in [5.41, 5.74) is 2.42. The Morgan fingerprint density at radius 3 is 2.37 bits per heavy atom. The second kappa shape index (κ2) is 10.5. The molecule has 0 aliphatic carbocycles. The lowest BCUT2D eigenvalue weighted by Gasteiger charge is -2.40. The van der Waals surface area contributed by atoms with Gasteiger partial charge in [-0.15, -0.1) is 0 Å². The number of carbonyl (C=O) groups is 1. The lowest BCUT2D eigenvalue weighted by atomic mass is 9.88. The fourth-order valence-electron chi connectivity index (χ4n) is 4.14. The van der Waals surface area contributed by atoms with E-state index in [1.807, 2.05) is 24.3 Å². The first-order chi connectivity index (χ1) is 14.5. The number of amides is 1. The molecule has 3 unspecified atom stereocenters. The van der Waals surface area contributed by atoms with Crippen molar-refractivity contribution in [3.05, 3.63) is 59.7 Å². The fourth-order valence-corrected chi connectivity index (χ4v) is 4.14. The van der Waals surface area contributed by atoms with Gasteiger partial charge >= 0.3 is 0 Å². The normalized spacial score (nSPS) is 20.4. The molecule has 30 heavy (non-hydrogen) atoms. The van der Waals surface area contributed by atoms with Gasteiger partial charge in [0.25, 0.3) is 0 Å². The van der Waals surface area contributed by atoms with Crippen LogP contribution < -0.4 is 14.8 Å². The van der Waals surface area contributed by atoms with Crippen LogP contribution in [0, 0.1) is 5.92 Å². The number of methoxy groups -OCH3 is 2. The minimum Gasteiger partial charge on any atom is -0.497 e.